The first-order chi connectivity index (χ1) is 9.49. The molecule has 2 rings (SSSR count). The fourth-order valence-electron chi connectivity index (χ4n) is 1.85. The van der Waals surface area contributed by atoms with Crippen LogP contribution in [0.1, 0.15) is 34.6 Å². The van der Waals surface area contributed by atoms with Crippen molar-refractivity contribution in [3.63, 3.8) is 0 Å². The summed E-state index contributed by atoms with van der Waals surface area (Å²) in [5.74, 6) is 1.54. The van der Waals surface area contributed by atoms with E-state index >= 15 is 0 Å². The number of fused-ring (bicyclic) bond motifs is 1. The summed E-state index contributed by atoms with van der Waals surface area (Å²) < 4.78 is 12.8. The quantitative estimate of drug-likeness (QED) is 0.862. The second-order valence-corrected chi connectivity index (χ2v) is 6.18. The van der Waals surface area contributed by atoms with Gasteiger partial charge in [0, 0.05) is 18.7 Å². The van der Waals surface area contributed by atoms with Crippen molar-refractivity contribution in [2.24, 2.45) is 0 Å². The SMILES string of the molecule is CCNc1nc2cc(OC(C)C)c(OC(C)C)cc2s1. The van der Waals surface area contributed by atoms with Crippen LogP contribution in [0.15, 0.2) is 12.1 Å². The third kappa shape index (κ3) is 3.54. The minimum atomic E-state index is 0.105. The number of ether oxygens (including phenoxy) is 2. The summed E-state index contributed by atoms with van der Waals surface area (Å²) in [6.45, 7) is 11.0. The minimum Gasteiger partial charge on any atom is -0.487 e. The molecule has 20 heavy (non-hydrogen) atoms. The highest BCUT2D eigenvalue weighted by molar-refractivity contribution is 7.22. The van der Waals surface area contributed by atoms with E-state index in [1.54, 1.807) is 11.3 Å². The Morgan fingerprint density at radius 2 is 1.70 bits per heavy atom. The van der Waals surface area contributed by atoms with E-state index in [0.29, 0.717) is 0 Å². The maximum Gasteiger partial charge on any atom is 0.183 e. The fraction of sp³-hybridized carbons (Fsp3) is 0.533. The molecule has 1 aromatic heterocycles. The predicted molar refractivity (Wildman–Crippen MR) is 85.3 cm³/mol. The third-order valence-electron chi connectivity index (χ3n) is 2.51. The average molecular weight is 294 g/mol. The van der Waals surface area contributed by atoms with E-state index in [-0.39, 0.29) is 12.2 Å². The lowest BCUT2D eigenvalue weighted by atomic mass is 10.3. The van der Waals surface area contributed by atoms with Crippen LogP contribution in [0.25, 0.3) is 10.2 Å². The van der Waals surface area contributed by atoms with Crippen LogP contribution in [0.5, 0.6) is 11.5 Å². The molecule has 0 amide bonds. The first kappa shape index (κ1) is 14.9. The van der Waals surface area contributed by atoms with Gasteiger partial charge in [-0.05, 0) is 34.6 Å². The summed E-state index contributed by atoms with van der Waals surface area (Å²) in [7, 11) is 0. The van der Waals surface area contributed by atoms with Crippen LogP contribution in [-0.2, 0) is 0 Å². The van der Waals surface area contributed by atoms with Crippen LogP contribution in [0.3, 0.4) is 0 Å². The second-order valence-electron chi connectivity index (χ2n) is 5.15. The maximum atomic E-state index is 5.86. The Morgan fingerprint density at radius 3 is 2.25 bits per heavy atom. The first-order valence-corrected chi connectivity index (χ1v) is 7.83. The Kier molecular flexibility index (Phi) is 4.70. The minimum absolute atomic E-state index is 0.105. The number of anilines is 1. The molecule has 0 aliphatic heterocycles. The first-order valence-electron chi connectivity index (χ1n) is 7.01. The number of hydrogen-bond acceptors (Lipinski definition) is 5. The van der Waals surface area contributed by atoms with Crippen LogP contribution < -0.4 is 14.8 Å². The number of nitrogens with zero attached hydrogens (tertiary/aromatic N) is 1. The van der Waals surface area contributed by atoms with E-state index in [1.165, 1.54) is 0 Å². The van der Waals surface area contributed by atoms with Gasteiger partial charge in [-0.2, -0.15) is 0 Å². The van der Waals surface area contributed by atoms with Crippen LogP contribution in [0.2, 0.25) is 0 Å². The van der Waals surface area contributed by atoms with Crippen molar-refractivity contribution in [3.05, 3.63) is 12.1 Å². The van der Waals surface area contributed by atoms with E-state index in [2.05, 4.69) is 17.2 Å². The number of aromatic nitrogens is 1. The number of hydrogen-bond donors (Lipinski definition) is 1. The van der Waals surface area contributed by atoms with Gasteiger partial charge < -0.3 is 14.8 Å². The van der Waals surface area contributed by atoms with Gasteiger partial charge in [-0.25, -0.2) is 4.98 Å². The van der Waals surface area contributed by atoms with Crippen molar-refractivity contribution >= 4 is 26.7 Å². The highest BCUT2D eigenvalue weighted by Gasteiger charge is 2.13. The van der Waals surface area contributed by atoms with Crippen molar-refractivity contribution in [2.75, 3.05) is 11.9 Å². The van der Waals surface area contributed by atoms with Gasteiger partial charge in [0.2, 0.25) is 0 Å². The molecule has 1 aromatic carbocycles. The molecule has 0 atom stereocenters. The summed E-state index contributed by atoms with van der Waals surface area (Å²) in [5, 5.41) is 4.17. The Hall–Kier alpha value is -1.49. The zero-order chi connectivity index (χ0) is 14.7. The van der Waals surface area contributed by atoms with Gasteiger partial charge in [-0.1, -0.05) is 11.3 Å². The van der Waals surface area contributed by atoms with E-state index < -0.39 is 0 Å². The molecule has 0 saturated heterocycles. The van der Waals surface area contributed by atoms with Gasteiger partial charge in [-0.3, -0.25) is 0 Å². The molecule has 0 spiro atoms. The highest BCUT2D eigenvalue weighted by Crippen LogP contribution is 2.37. The van der Waals surface area contributed by atoms with E-state index in [0.717, 1.165) is 33.4 Å². The smallest absolute Gasteiger partial charge is 0.183 e. The molecule has 1 heterocycles. The summed E-state index contributed by atoms with van der Waals surface area (Å²) in [5.41, 5.74) is 0.942. The Morgan fingerprint density at radius 1 is 1.10 bits per heavy atom. The van der Waals surface area contributed by atoms with E-state index in [4.69, 9.17) is 9.47 Å². The predicted octanol–water partition coefficient (Wildman–Crippen LogP) is 4.30. The van der Waals surface area contributed by atoms with Crippen molar-refractivity contribution in [1.82, 2.24) is 4.98 Å². The highest BCUT2D eigenvalue weighted by atomic mass is 32.1. The second kappa shape index (κ2) is 6.31. The van der Waals surface area contributed by atoms with Gasteiger partial charge in [0.25, 0.3) is 0 Å². The van der Waals surface area contributed by atoms with Crippen LogP contribution in [-0.4, -0.2) is 23.7 Å². The van der Waals surface area contributed by atoms with Gasteiger partial charge in [0.1, 0.15) is 0 Å². The molecule has 110 valence electrons. The Balaban J connectivity index is 2.43. The van der Waals surface area contributed by atoms with Crippen LogP contribution in [0, 0.1) is 0 Å². The molecule has 5 heteroatoms. The summed E-state index contributed by atoms with van der Waals surface area (Å²) in [6.07, 6.45) is 0.219. The zero-order valence-corrected chi connectivity index (χ0v) is 13.5. The molecule has 4 nitrogen and oxygen atoms in total. The normalized spacial score (nSPS) is 11.3. The number of thiazole rings is 1. The van der Waals surface area contributed by atoms with Crippen molar-refractivity contribution in [2.45, 2.75) is 46.8 Å². The van der Waals surface area contributed by atoms with Gasteiger partial charge in [0.05, 0.1) is 22.4 Å². The molecule has 0 saturated carbocycles. The summed E-state index contributed by atoms with van der Waals surface area (Å²) >= 11 is 1.63. The standard InChI is InChI=1S/C15H22N2O2S/c1-6-16-15-17-11-7-12(18-9(2)3)13(19-10(4)5)8-14(11)20-15/h7-10H,6H2,1-5H3,(H,16,17). The summed E-state index contributed by atoms with van der Waals surface area (Å²) in [6, 6.07) is 3.98. The summed E-state index contributed by atoms with van der Waals surface area (Å²) in [4.78, 5) is 4.56. The molecular formula is C15H22N2O2S. The maximum absolute atomic E-state index is 5.86. The van der Waals surface area contributed by atoms with E-state index in [1.807, 2.05) is 39.8 Å². The number of benzene rings is 1. The van der Waals surface area contributed by atoms with E-state index in [9.17, 15) is 0 Å². The molecule has 1 N–H and O–H groups in total. The van der Waals surface area contributed by atoms with Gasteiger partial charge in [0.15, 0.2) is 16.6 Å². The Labute approximate surface area is 124 Å². The van der Waals surface area contributed by atoms with Crippen molar-refractivity contribution in [1.29, 1.82) is 0 Å². The van der Waals surface area contributed by atoms with Gasteiger partial charge in [-0.15, -0.1) is 0 Å². The lowest BCUT2D eigenvalue weighted by molar-refractivity contribution is 0.199. The molecular weight excluding hydrogens is 272 g/mol. The topological polar surface area (TPSA) is 43.4 Å². The molecule has 0 bridgehead atoms. The average Bonchev–Trinajstić information content (AvgIpc) is 2.70. The molecule has 2 aromatic rings. The monoisotopic (exact) mass is 294 g/mol. The lowest BCUT2D eigenvalue weighted by Crippen LogP contribution is -2.10. The van der Waals surface area contributed by atoms with Crippen LogP contribution in [0.4, 0.5) is 5.13 Å². The molecule has 0 radical (unpaired) electrons. The zero-order valence-electron chi connectivity index (χ0n) is 12.7. The fourth-order valence-corrected chi connectivity index (χ4v) is 2.80. The van der Waals surface area contributed by atoms with Crippen LogP contribution >= 0.6 is 11.3 Å². The van der Waals surface area contributed by atoms with Crippen molar-refractivity contribution in [3.8, 4) is 11.5 Å². The van der Waals surface area contributed by atoms with Gasteiger partial charge >= 0.3 is 0 Å². The largest absolute Gasteiger partial charge is 0.487 e. The lowest BCUT2D eigenvalue weighted by Gasteiger charge is -2.16. The number of rotatable bonds is 6. The third-order valence-corrected chi connectivity index (χ3v) is 3.48. The van der Waals surface area contributed by atoms with Crippen molar-refractivity contribution < 1.29 is 9.47 Å². The molecule has 0 fully saturated rings. The molecule has 0 unspecified atom stereocenters. The molecule has 0 aliphatic rings. The number of nitrogens with one attached hydrogen (secondary N) is 1. The molecule has 0 aliphatic carbocycles. The Bertz CT molecular complexity index is 532.